The summed E-state index contributed by atoms with van der Waals surface area (Å²) in [7, 11) is 2.97. The van der Waals surface area contributed by atoms with Gasteiger partial charge in [-0.3, -0.25) is 4.79 Å². The highest BCUT2D eigenvalue weighted by molar-refractivity contribution is 7.80. The first-order valence-electron chi connectivity index (χ1n) is 7.80. The Morgan fingerprint density at radius 3 is 2.33 bits per heavy atom. The number of phenols is 2. The van der Waals surface area contributed by atoms with Crippen LogP contribution in [-0.4, -0.2) is 41.4 Å². The number of carboxylic acids is 1. The minimum Gasteiger partial charge on any atom is -0.507 e. The molecule has 0 heterocycles. The highest BCUT2D eigenvalue weighted by Gasteiger charge is 2.21. The zero-order valence-electron chi connectivity index (χ0n) is 14.6. The lowest BCUT2D eigenvalue weighted by Crippen LogP contribution is -2.14. The lowest BCUT2D eigenvalue weighted by Gasteiger charge is -2.13. The number of rotatable bonds is 7. The molecule has 0 atom stereocenters. The summed E-state index contributed by atoms with van der Waals surface area (Å²) in [5.41, 5.74) is 0.156. The number of hydrogen-bond donors (Lipinski definition) is 5. The van der Waals surface area contributed by atoms with Crippen LogP contribution in [0.1, 0.15) is 22.3 Å². The number of aromatic carboxylic acids is 1. The maximum Gasteiger partial charge on any atom is 0.339 e. The Hall–Kier alpha value is -3.07. The van der Waals surface area contributed by atoms with Crippen LogP contribution in [0.4, 0.5) is 5.69 Å². The van der Waals surface area contributed by atoms with Crippen molar-refractivity contribution in [1.29, 1.82) is 0 Å². The van der Waals surface area contributed by atoms with Crippen molar-refractivity contribution in [2.75, 3.05) is 19.5 Å². The number of hydrogen-bond acceptors (Lipinski definition) is 7. The van der Waals surface area contributed by atoms with Crippen LogP contribution in [0.25, 0.3) is 0 Å². The monoisotopic (exact) mass is 393 g/mol. The fourth-order valence-electron chi connectivity index (χ4n) is 2.56. The fraction of sp³-hybridized carbons (Fsp3) is 0.222. The topological polar surface area (TPSA) is 125 Å². The van der Waals surface area contributed by atoms with Crippen LogP contribution in [0.15, 0.2) is 29.2 Å². The van der Waals surface area contributed by atoms with Gasteiger partial charge in [-0.25, -0.2) is 4.79 Å². The first kappa shape index (κ1) is 20.2. The van der Waals surface area contributed by atoms with Crippen LogP contribution >= 0.6 is 12.6 Å². The number of carboxylic acid groups (broad SMARTS) is 1. The Kier molecular flexibility index (Phi) is 6.40. The predicted octanol–water partition coefficient (Wildman–Crippen LogP) is 2.67. The van der Waals surface area contributed by atoms with Gasteiger partial charge in [-0.1, -0.05) is 0 Å². The van der Waals surface area contributed by atoms with Gasteiger partial charge in [-0.2, -0.15) is 0 Å². The van der Waals surface area contributed by atoms with E-state index in [0.29, 0.717) is 17.2 Å². The van der Waals surface area contributed by atoms with Crippen molar-refractivity contribution in [3.63, 3.8) is 0 Å². The zero-order chi connectivity index (χ0) is 20.1. The van der Waals surface area contributed by atoms with E-state index < -0.39 is 23.2 Å². The first-order chi connectivity index (χ1) is 12.8. The minimum atomic E-state index is -1.38. The summed E-state index contributed by atoms with van der Waals surface area (Å²) in [5, 5.41) is 31.4. The number of carbonyl (C=O) groups excluding carboxylic acids is 1. The molecule has 0 fully saturated rings. The summed E-state index contributed by atoms with van der Waals surface area (Å²) >= 11 is 4.09. The van der Waals surface area contributed by atoms with Gasteiger partial charge in [0.2, 0.25) is 5.91 Å². The lowest BCUT2D eigenvalue weighted by atomic mass is 10.0. The van der Waals surface area contributed by atoms with Crippen LogP contribution < -0.4 is 14.8 Å². The second kappa shape index (κ2) is 8.54. The molecule has 0 aromatic heterocycles. The van der Waals surface area contributed by atoms with Crippen LogP contribution in [0.2, 0.25) is 0 Å². The van der Waals surface area contributed by atoms with Crippen molar-refractivity contribution in [2.45, 2.75) is 17.7 Å². The fourth-order valence-corrected chi connectivity index (χ4v) is 2.84. The van der Waals surface area contributed by atoms with Crippen molar-refractivity contribution < 1.29 is 34.4 Å². The van der Waals surface area contributed by atoms with Crippen molar-refractivity contribution in [2.24, 2.45) is 0 Å². The van der Waals surface area contributed by atoms with Gasteiger partial charge in [0.05, 0.1) is 19.1 Å². The Morgan fingerprint density at radius 2 is 1.74 bits per heavy atom. The Balaban J connectivity index is 2.16. The molecule has 0 saturated carbocycles. The summed E-state index contributed by atoms with van der Waals surface area (Å²) in [6.45, 7) is 0. The Morgan fingerprint density at radius 1 is 1.07 bits per heavy atom. The molecule has 8 nitrogen and oxygen atoms in total. The number of anilines is 1. The van der Waals surface area contributed by atoms with E-state index in [1.165, 1.54) is 14.2 Å². The summed E-state index contributed by atoms with van der Waals surface area (Å²) < 4.78 is 10.3. The number of carbonyl (C=O) groups is 2. The van der Waals surface area contributed by atoms with Crippen molar-refractivity contribution in [1.82, 2.24) is 0 Å². The van der Waals surface area contributed by atoms with Crippen LogP contribution in [0.5, 0.6) is 23.0 Å². The van der Waals surface area contributed by atoms with Gasteiger partial charge in [-0.15, -0.1) is 12.6 Å². The molecule has 2 rings (SSSR count). The standard InChI is InChI=1S/C18H19NO7S/c1-25-13-5-3-9(7-14(13)26-2)19-15(22)6-4-10-16(18(23)24)11(20)8-12(21)17(10)27/h3,5,7-8,20-21,27H,4,6H2,1-2H3,(H,19,22)(H,23,24). The third-order valence-corrected chi connectivity index (χ3v) is 4.34. The zero-order valence-corrected chi connectivity index (χ0v) is 15.5. The lowest BCUT2D eigenvalue weighted by molar-refractivity contribution is -0.116. The number of nitrogens with one attached hydrogen (secondary N) is 1. The quantitative estimate of drug-likeness (QED) is 0.458. The molecule has 2 aromatic carbocycles. The largest absolute Gasteiger partial charge is 0.507 e. The summed E-state index contributed by atoms with van der Waals surface area (Å²) in [6.07, 6.45) is -0.132. The third kappa shape index (κ3) is 4.56. The van der Waals surface area contributed by atoms with Crippen molar-refractivity contribution in [3.8, 4) is 23.0 Å². The van der Waals surface area contributed by atoms with Crippen molar-refractivity contribution >= 4 is 30.2 Å². The van der Waals surface area contributed by atoms with E-state index in [2.05, 4.69) is 17.9 Å². The van der Waals surface area contributed by atoms with E-state index in [1.807, 2.05) is 0 Å². The Labute approximate surface area is 160 Å². The van der Waals surface area contributed by atoms with Gasteiger partial charge < -0.3 is 30.1 Å². The van der Waals surface area contributed by atoms with Crippen LogP contribution in [0.3, 0.4) is 0 Å². The van der Waals surface area contributed by atoms with E-state index in [0.717, 1.165) is 6.07 Å². The average Bonchev–Trinajstić information content (AvgIpc) is 2.62. The highest BCUT2D eigenvalue weighted by atomic mass is 32.1. The number of thiol groups is 1. The maximum absolute atomic E-state index is 12.2. The van der Waals surface area contributed by atoms with Crippen molar-refractivity contribution in [3.05, 3.63) is 35.4 Å². The number of aromatic hydroxyl groups is 2. The van der Waals surface area contributed by atoms with Crippen LogP contribution in [-0.2, 0) is 11.2 Å². The number of phenolic OH excluding ortho intramolecular Hbond substituents is 1. The number of amides is 1. The molecule has 0 aliphatic heterocycles. The second-order valence-electron chi connectivity index (χ2n) is 5.54. The molecule has 0 saturated heterocycles. The van der Waals surface area contributed by atoms with E-state index in [1.54, 1.807) is 18.2 Å². The van der Waals surface area contributed by atoms with E-state index in [9.17, 15) is 24.9 Å². The number of benzene rings is 2. The minimum absolute atomic E-state index is 0.00381. The Bertz CT molecular complexity index is 882. The molecule has 1 amide bonds. The molecule has 0 spiro atoms. The molecule has 0 radical (unpaired) electrons. The summed E-state index contributed by atoms with van der Waals surface area (Å²) in [4.78, 5) is 23.6. The number of ether oxygens (including phenoxy) is 2. The predicted molar refractivity (Wildman–Crippen MR) is 100 cm³/mol. The molecule has 0 bridgehead atoms. The van der Waals surface area contributed by atoms with E-state index in [-0.39, 0.29) is 29.1 Å². The third-order valence-electron chi connectivity index (χ3n) is 3.84. The molecular weight excluding hydrogens is 374 g/mol. The van der Waals surface area contributed by atoms with Crippen LogP contribution in [0, 0.1) is 0 Å². The van der Waals surface area contributed by atoms with Gasteiger partial charge >= 0.3 is 5.97 Å². The van der Waals surface area contributed by atoms with Gasteiger partial charge in [0, 0.05) is 24.2 Å². The molecule has 2 aromatic rings. The smallest absolute Gasteiger partial charge is 0.339 e. The average molecular weight is 393 g/mol. The SMILES string of the molecule is COc1ccc(NC(=O)CCc2c(S)c(O)cc(O)c2C(=O)O)cc1OC. The summed E-state index contributed by atoms with van der Waals surface area (Å²) in [5.74, 6) is -1.77. The molecule has 144 valence electrons. The molecule has 0 aliphatic carbocycles. The molecular formula is C18H19NO7S. The molecule has 9 heteroatoms. The molecule has 27 heavy (non-hydrogen) atoms. The second-order valence-corrected chi connectivity index (χ2v) is 5.99. The van der Waals surface area contributed by atoms with Gasteiger partial charge in [0.25, 0.3) is 0 Å². The molecule has 0 unspecified atom stereocenters. The molecule has 4 N–H and O–H groups in total. The normalized spacial score (nSPS) is 10.3. The maximum atomic E-state index is 12.2. The van der Waals surface area contributed by atoms with Gasteiger partial charge in [0.15, 0.2) is 11.5 Å². The van der Waals surface area contributed by atoms with E-state index >= 15 is 0 Å². The van der Waals surface area contributed by atoms with Gasteiger partial charge in [0.1, 0.15) is 17.1 Å². The molecule has 0 aliphatic rings. The van der Waals surface area contributed by atoms with E-state index in [4.69, 9.17) is 9.47 Å². The number of methoxy groups -OCH3 is 2. The highest BCUT2D eigenvalue weighted by Crippen LogP contribution is 2.36. The van der Waals surface area contributed by atoms with Gasteiger partial charge in [-0.05, 0) is 24.1 Å². The first-order valence-corrected chi connectivity index (χ1v) is 8.25. The summed E-state index contributed by atoms with van der Waals surface area (Å²) in [6, 6.07) is 5.75.